The molecule has 0 aromatic heterocycles. The van der Waals surface area contributed by atoms with Crippen molar-refractivity contribution in [2.45, 2.75) is 31.0 Å². The fourth-order valence-electron chi connectivity index (χ4n) is 4.44. The molecule has 1 spiro atoms. The standard InChI is InChI=1S/C21H20BrCl2N3O/c1-26-8-6-21(7-9-26)27-19(16-10-13(22)2-5-20(16)28-21)12-18(25-27)15-4-3-14(23)11-17(15)24/h2-5,10-11,19H,6-9,12H2,1H3/t19-/m1/s1. The molecule has 3 heterocycles. The Hall–Kier alpha value is -1.27. The molecular weight excluding hydrogens is 461 g/mol. The van der Waals surface area contributed by atoms with E-state index in [-0.39, 0.29) is 6.04 Å². The Balaban J connectivity index is 1.60. The van der Waals surface area contributed by atoms with Gasteiger partial charge in [0.1, 0.15) is 5.75 Å². The van der Waals surface area contributed by atoms with Crippen molar-refractivity contribution in [3.05, 3.63) is 62.0 Å². The first-order valence-corrected chi connectivity index (χ1v) is 11.0. The summed E-state index contributed by atoms with van der Waals surface area (Å²) in [6, 6.07) is 12.0. The van der Waals surface area contributed by atoms with Crippen molar-refractivity contribution < 1.29 is 4.74 Å². The highest BCUT2D eigenvalue weighted by molar-refractivity contribution is 9.10. The first-order valence-electron chi connectivity index (χ1n) is 9.44. The Morgan fingerprint density at radius 3 is 2.68 bits per heavy atom. The van der Waals surface area contributed by atoms with Crippen LogP contribution in [0.5, 0.6) is 5.75 Å². The van der Waals surface area contributed by atoms with Crippen molar-refractivity contribution in [1.29, 1.82) is 0 Å². The van der Waals surface area contributed by atoms with Gasteiger partial charge in [0.15, 0.2) is 0 Å². The molecule has 0 radical (unpaired) electrons. The van der Waals surface area contributed by atoms with Gasteiger partial charge in [0.25, 0.3) is 0 Å². The molecule has 1 atom stereocenters. The summed E-state index contributed by atoms with van der Waals surface area (Å²) >= 11 is 16.2. The maximum atomic E-state index is 6.63. The zero-order valence-electron chi connectivity index (χ0n) is 15.5. The fraction of sp³-hybridized carbons (Fsp3) is 0.381. The molecule has 3 aliphatic rings. The third-order valence-corrected chi connectivity index (χ3v) is 7.01. The summed E-state index contributed by atoms with van der Waals surface area (Å²) in [4.78, 5) is 2.34. The highest BCUT2D eigenvalue weighted by atomic mass is 79.9. The van der Waals surface area contributed by atoms with E-state index in [1.165, 1.54) is 5.56 Å². The smallest absolute Gasteiger partial charge is 0.200 e. The van der Waals surface area contributed by atoms with Gasteiger partial charge >= 0.3 is 0 Å². The van der Waals surface area contributed by atoms with Crippen molar-refractivity contribution in [3.63, 3.8) is 0 Å². The van der Waals surface area contributed by atoms with Crippen LogP contribution in [-0.4, -0.2) is 41.5 Å². The van der Waals surface area contributed by atoms with Gasteiger partial charge in [-0.1, -0.05) is 45.2 Å². The lowest BCUT2D eigenvalue weighted by atomic mass is 9.91. The Morgan fingerprint density at radius 1 is 1.14 bits per heavy atom. The van der Waals surface area contributed by atoms with Crippen LogP contribution in [0.4, 0.5) is 0 Å². The van der Waals surface area contributed by atoms with Crippen molar-refractivity contribution in [2.24, 2.45) is 5.10 Å². The van der Waals surface area contributed by atoms with Gasteiger partial charge in [0.05, 0.1) is 16.8 Å². The summed E-state index contributed by atoms with van der Waals surface area (Å²) in [7, 11) is 2.16. The molecule has 0 saturated carbocycles. The van der Waals surface area contributed by atoms with Gasteiger partial charge in [0.2, 0.25) is 5.72 Å². The van der Waals surface area contributed by atoms with Gasteiger partial charge < -0.3 is 9.64 Å². The lowest BCUT2D eigenvalue weighted by molar-refractivity contribution is -0.147. The second-order valence-corrected chi connectivity index (χ2v) is 9.53. The van der Waals surface area contributed by atoms with Crippen LogP contribution in [0.1, 0.15) is 36.4 Å². The molecule has 3 aliphatic heterocycles. The van der Waals surface area contributed by atoms with Crippen LogP contribution in [0.3, 0.4) is 0 Å². The lowest BCUT2D eigenvalue weighted by Gasteiger charge is -2.50. The van der Waals surface area contributed by atoms with Crippen molar-refractivity contribution in [2.75, 3.05) is 20.1 Å². The van der Waals surface area contributed by atoms with Crippen LogP contribution in [0.25, 0.3) is 0 Å². The second-order valence-electron chi connectivity index (χ2n) is 7.77. The van der Waals surface area contributed by atoms with Crippen molar-refractivity contribution in [1.82, 2.24) is 9.91 Å². The van der Waals surface area contributed by atoms with E-state index in [0.717, 1.165) is 53.8 Å². The molecule has 0 bridgehead atoms. The van der Waals surface area contributed by atoms with Gasteiger partial charge in [-0.2, -0.15) is 5.10 Å². The minimum Gasteiger partial charge on any atom is -0.466 e. The highest BCUT2D eigenvalue weighted by Gasteiger charge is 2.51. The van der Waals surface area contributed by atoms with E-state index in [1.54, 1.807) is 6.07 Å². The summed E-state index contributed by atoms with van der Waals surface area (Å²) in [5, 5.41) is 8.54. The van der Waals surface area contributed by atoms with Crippen molar-refractivity contribution in [3.8, 4) is 5.75 Å². The molecule has 5 rings (SSSR count). The number of benzene rings is 2. The van der Waals surface area contributed by atoms with E-state index in [9.17, 15) is 0 Å². The van der Waals surface area contributed by atoms with E-state index < -0.39 is 5.72 Å². The summed E-state index contributed by atoms with van der Waals surface area (Å²) in [5.41, 5.74) is 2.70. The number of rotatable bonds is 1. The number of hydrogen-bond acceptors (Lipinski definition) is 4. The molecule has 7 heteroatoms. The van der Waals surface area contributed by atoms with E-state index in [1.807, 2.05) is 18.2 Å². The Bertz CT molecular complexity index is 972. The molecule has 2 aromatic rings. The molecule has 0 unspecified atom stereocenters. The normalized spacial score (nSPS) is 23.2. The maximum Gasteiger partial charge on any atom is 0.200 e. The van der Waals surface area contributed by atoms with Crippen LogP contribution in [0, 0.1) is 0 Å². The van der Waals surface area contributed by atoms with Crippen molar-refractivity contribution >= 4 is 44.8 Å². The van der Waals surface area contributed by atoms with Crippen LogP contribution in [0.15, 0.2) is 46.0 Å². The minimum atomic E-state index is -0.404. The largest absolute Gasteiger partial charge is 0.466 e. The average Bonchev–Trinajstić information content (AvgIpc) is 3.11. The minimum absolute atomic E-state index is 0.145. The van der Waals surface area contributed by atoms with E-state index >= 15 is 0 Å². The first kappa shape index (κ1) is 18.7. The number of hydrazone groups is 1. The maximum absolute atomic E-state index is 6.63. The van der Waals surface area contributed by atoms with E-state index in [4.69, 9.17) is 33.0 Å². The zero-order valence-corrected chi connectivity index (χ0v) is 18.6. The molecule has 0 amide bonds. The molecule has 1 fully saturated rings. The topological polar surface area (TPSA) is 28.1 Å². The number of halogens is 3. The Kier molecular flexibility index (Phi) is 4.62. The Labute approximate surface area is 183 Å². The molecular formula is C21H20BrCl2N3O. The third kappa shape index (κ3) is 3.04. The number of ether oxygens (including phenoxy) is 1. The lowest BCUT2D eigenvalue weighted by Crippen LogP contribution is -2.58. The fourth-order valence-corrected chi connectivity index (χ4v) is 5.33. The number of nitrogens with zero attached hydrogens (tertiary/aromatic N) is 3. The van der Waals surface area contributed by atoms with E-state index in [2.05, 4.69) is 45.0 Å². The molecule has 146 valence electrons. The summed E-state index contributed by atoms with van der Waals surface area (Å²) < 4.78 is 7.68. The second kappa shape index (κ2) is 6.91. The SMILES string of the molecule is CN1CCC2(CC1)Oc1ccc(Br)cc1[C@H]1CC(c3ccc(Cl)cc3Cl)=NN12. The zero-order chi connectivity index (χ0) is 19.5. The predicted molar refractivity (Wildman–Crippen MR) is 116 cm³/mol. The number of piperidine rings is 1. The number of likely N-dealkylation sites (tertiary alicyclic amines) is 1. The van der Waals surface area contributed by atoms with Gasteiger partial charge in [-0.15, -0.1) is 0 Å². The Morgan fingerprint density at radius 2 is 1.93 bits per heavy atom. The van der Waals surface area contributed by atoms with Crippen LogP contribution in [-0.2, 0) is 0 Å². The monoisotopic (exact) mass is 479 g/mol. The summed E-state index contributed by atoms with van der Waals surface area (Å²) in [6.45, 7) is 1.98. The van der Waals surface area contributed by atoms with Gasteiger partial charge in [-0.05, 0) is 37.4 Å². The summed E-state index contributed by atoms with van der Waals surface area (Å²) in [6.07, 6.45) is 2.63. The van der Waals surface area contributed by atoms with Crippen LogP contribution in [0.2, 0.25) is 10.0 Å². The van der Waals surface area contributed by atoms with E-state index in [0.29, 0.717) is 10.0 Å². The molecule has 4 nitrogen and oxygen atoms in total. The van der Waals surface area contributed by atoms with Crippen LogP contribution >= 0.6 is 39.1 Å². The molecule has 1 saturated heterocycles. The van der Waals surface area contributed by atoms with Gasteiger partial charge in [-0.25, -0.2) is 5.01 Å². The van der Waals surface area contributed by atoms with Crippen LogP contribution < -0.4 is 4.74 Å². The average molecular weight is 481 g/mol. The first-order chi connectivity index (χ1) is 13.4. The highest BCUT2D eigenvalue weighted by Crippen LogP contribution is 2.50. The molecule has 2 aromatic carbocycles. The van der Waals surface area contributed by atoms with Gasteiger partial charge in [0, 0.05) is 53.0 Å². The summed E-state index contributed by atoms with van der Waals surface area (Å²) in [5.74, 6) is 0.965. The number of fused-ring (bicyclic) bond motifs is 4. The molecule has 28 heavy (non-hydrogen) atoms. The van der Waals surface area contributed by atoms with Gasteiger partial charge in [-0.3, -0.25) is 0 Å². The quantitative estimate of drug-likeness (QED) is 0.522. The number of hydrogen-bond donors (Lipinski definition) is 0. The molecule has 0 N–H and O–H groups in total. The predicted octanol–water partition coefficient (Wildman–Crippen LogP) is 5.72. The molecule has 0 aliphatic carbocycles. The third-order valence-electron chi connectivity index (χ3n) is 5.97.